The van der Waals surface area contributed by atoms with Crippen LogP contribution in [0.1, 0.15) is 40.5 Å². The molecule has 3 nitrogen and oxygen atoms in total. The first-order valence-electron chi connectivity index (χ1n) is 6.68. The zero-order valence-corrected chi connectivity index (χ0v) is 13.6. The number of rotatable bonds is 7. The fraction of sp³-hybridized carbons (Fsp3) is 0.929. The van der Waals surface area contributed by atoms with Crippen molar-refractivity contribution in [3.63, 3.8) is 0 Å². The Morgan fingerprint density at radius 3 is 2.33 bits per heavy atom. The van der Waals surface area contributed by atoms with Gasteiger partial charge in [-0.15, -0.1) is 0 Å². The van der Waals surface area contributed by atoms with Gasteiger partial charge in [-0.05, 0) is 37.2 Å². The Hall–Kier alpha value is -0.220. The van der Waals surface area contributed by atoms with E-state index in [2.05, 4.69) is 34.0 Å². The molecule has 4 heteroatoms. The van der Waals surface area contributed by atoms with Crippen molar-refractivity contribution in [3.8, 4) is 0 Å². The van der Waals surface area contributed by atoms with E-state index in [9.17, 15) is 4.79 Å². The molecule has 0 aliphatic rings. The molecule has 0 aromatic rings. The van der Waals surface area contributed by atoms with Crippen molar-refractivity contribution in [1.29, 1.82) is 0 Å². The van der Waals surface area contributed by atoms with Crippen molar-refractivity contribution in [3.05, 3.63) is 0 Å². The summed E-state index contributed by atoms with van der Waals surface area (Å²) >= 11 is 1.82. The van der Waals surface area contributed by atoms with Gasteiger partial charge >= 0.3 is 0 Å². The van der Waals surface area contributed by atoms with E-state index in [-0.39, 0.29) is 17.2 Å². The zero-order valence-electron chi connectivity index (χ0n) is 12.8. The highest BCUT2D eigenvalue weighted by atomic mass is 32.2. The maximum Gasteiger partial charge on any atom is 0.226 e. The van der Waals surface area contributed by atoms with E-state index in [1.807, 2.05) is 23.7 Å². The number of thioether (sulfide) groups is 1. The largest absolute Gasteiger partial charge is 0.343 e. The van der Waals surface area contributed by atoms with Gasteiger partial charge in [0.25, 0.3) is 0 Å². The summed E-state index contributed by atoms with van der Waals surface area (Å²) in [6, 6.07) is 0.291. The van der Waals surface area contributed by atoms with E-state index >= 15 is 0 Å². The number of nitrogens with zero attached hydrogens (tertiary/aromatic N) is 1. The van der Waals surface area contributed by atoms with Crippen molar-refractivity contribution < 1.29 is 4.79 Å². The molecule has 0 aliphatic carbocycles. The van der Waals surface area contributed by atoms with Gasteiger partial charge in [0.15, 0.2) is 0 Å². The number of carbonyl (C=O) groups excluding carboxylic acids is 1. The van der Waals surface area contributed by atoms with Crippen LogP contribution in [-0.4, -0.2) is 42.4 Å². The Morgan fingerprint density at radius 1 is 1.39 bits per heavy atom. The van der Waals surface area contributed by atoms with Gasteiger partial charge in [0.2, 0.25) is 5.91 Å². The zero-order chi connectivity index (χ0) is 14.3. The fourth-order valence-corrected chi connectivity index (χ4v) is 2.57. The molecule has 0 radical (unpaired) electrons. The summed E-state index contributed by atoms with van der Waals surface area (Å²) in [6.45, 7) is 9.01. The number of amides is 1. The molecule has 0 rings (SSSR count). The molecular weight excluding hydrogens is 244 g/mol. The van der Waals surface area contributed by atoms with Crippen LogP contribution in [0.15, 0.2) is 0 Å². The van der Waals surface area contributed by atoms with Crippen LogP contribution >= 0.6 is 11.8 Å². The van der Waals surface area contributed by atoms with Gasteiger partial charge in [-0.2, -0.15) is 11.8 Å². The van der Waals surface area contributed by atoms with E-state index in [0.29, 0.717) is 12.6 Å². The summed E-state index contributed by atoms with van der Waals surface area (Å²) in [5.74, 6) is 1.23. The van der Waals surface area contributed by atoms with E-state index in [1.54, 1.807) is 0 Å². The van der Waals surface area contributed by atoms with Gasteiger partial charge in [0, 0.05) is 19.6 Å². The molecule has 0 saturated carbocycles. The number of hydrogen-bond donors (Lipinski definition) is 1. The summed E-state index contributed by atoms with van der Waals surface area (Å²) in [5, 5.41) is 0. The summed E-state index contributed by atoms with van der Waals surface area (Å²) in [4.78, 5) is 14.3. The lowest BCUT2D eigenvalue weighted by atomic mass is 9.84. The smallest absolute Gasteiger partial charge is 0.226 e. The summed E-state index contributed by atoms with van der Waals surface area (Å²) in [5.41, 5.74) is 5.91. The van der Waals surface area contributed by atoms with Crippen molar-refractivity contribution >= 4 is 17.7 Å². The van der Waals surface area contributed by atoms with Crippen molar-refractivity contribution in [1.82, 2.24) is 4.90 Å². The van der Waals surface area contributed by atoms with Crippen molar-refractivity contribution in [2.24, 2.45) is 17.1 Å². The van der Waals surface area contributed by atoms with Gasteiger partial charge in [-0.3, -0.25) is 4.79 Å². The molecule has 1 amide bonds. The van der Waals surface area contributed by atoms with Crippen LogP contribution in [0.25, 0.3) is 0 Å². The number of hydrogen-bond acceptors (Lipinski definition) is 3. The highest BCUT2D eigenvalue weighted by Gasteiger charge is 2.27. The molecule has 2 atom stereocenters. The third-order valence-corrected chi connectivity index (χ3v) is 3.89. The lowest BCUT2D eigenvalue weighted by Crippen LogP contribution is -2.43. The molecule has 0 fully saturated rings. The monoisotopic (exact) mass is 274 g/mol. The van der Waals surface area contributed by atoms with Gasteiger partial charge in [0.1, 0.15) is 0 Å². The van der Waals surface area contributed by atoms with Crippen molar-refractivity contribution in [2.45, 2.75) is 46.6 Å². The quantitative estimate of drug-likeness (QED) is 0.776. The second-order valence-corrected chi connectivity index (χ2v) is 7.26. The lowest BCUT2D eigenvalue weighted by Gasteiger charge is -2.31. The van der Waals surface area contributed by atoms with E-state index in [4.69, 9.17) is 5.73 Å². The average Bonchev–Trinajstić information content (AvgIpc) is 2.29. The van der Waals surface area contributed by atoms with Gasteiger partial charge < -0.3 is 10.6 Å². The third kappa shape index (κ3) is 6.64. The minimum absolute atomic E-state index is 0.0493. The first kappa shape index (κ1) is 17.8. The Bertz CT molecular complexity index is 251. The maximum atomic E-state index is 12.4. The van der Waals surface area contributed by atoms with Crippen LogP contribution in [0.4, 0.5) is 0 Å². The van der Waals surface area contributed by atoms with Gasteiger partial charge in [-0.1, -0.05) is 20.8 Å². The first-order chi connectivity index (χ1) is 8.22. The normalized spacial score (nSPS) is 15.3. The fourth-order valence-electron chi connectivity index (χ4n) is 2.00. The first-order valence-corrected chi connectivity index (χ1v) is 8.08. The Kier molecular flexibility index (Phi) is 7.95. The molecule has 2 N–H and O–H groups in total. The van der Waals surface area contributed by atoms with Crippen LogP contribution in [0.2, 0.25) is 0 Å². The molecule has 18 heavy (non-hydrogen) atoms. The average molecular weight is 274 g/mol. The molecule has 0 aromatic carbocycles. The lowest BCUT2D eigenvalue weighted by molar-refractivity contribution is -0.136. The molecule has 0 bridgehead atoms. The Morgan fingerprint density at radius 2 is 1.94 bits per heavy atom. The van der Waals surface area contributed by atoms with Crippen LogP contribution < -0.4 is 5.73 Å². The number of carbonyl (C=O) groups is 1. The van der Waals surface area contributed by atoms with Crippen molar-refractivity contribution in [2.75, 3.05) is 25.6 Å². The summed E-state index contributed by atoms with van der Waals surface area (Å²) in [7, 11) is 1.90. The SMILES string of the molecule is CSCCC(C)N(C)C(=O)C(CN)CC(C)(C)C. The Balaban J connectivity index is 4.48. The molecule has 0 aromatic heterocycles. The summed E-state index contributed by atoms with van der Waals surface area (Å²) in [6.07, 6.45) is 3.98. The predicted octanol–water partition coefficient (Wildman–Crippen LogP) is 2.60. The third-order valence-electron chi connectivity index (χ3n) is 3.24. The molecule has 108 valence electrons. The highest BCUT2D eigenvalue weighted by molar-refractivity contribution is 7.98. The number of nitrogens with two attached hydrogens (primary N) is 1. The minimum Gasteiger partial charge on any atom is -0.343 e. The highest BCUT2D eigenvalue weighted by Crippen LogP contribution is 2.25. The molecule has 0 aliphatic heterocycles. The van der Waals surface area contributed by atoms with E-state index in [1.165, 1.54) is 0 Å². The second kappa shape index (κ2) is 8.05. The van der Waals surface area contributed by atoms with Crippen LogP contribution in [0.3, 0.4) is 0 Å². The van der Waals surface area contributed by atoms with Gasteiger partial charge in [-0.25, -0.2) is 0 Å². The van der Waals surface area contributed by atoms with Gasteiger partial charge in [0.05, 0.1) is 5.92 Å². The molecule has 0 spiro atoms. The van der Waals surface area contributed by atoms with E-state index in [0.717, 1.165) is 18.6 Å². The minimum atomic E-state index is -0.0493. The standard InChI is InChI=1S/C14H30N2OS/c1-11(7-8-18-6)16(5)13(17)12(10-15)9-14(2,3)4/h11-12H,7-10,15H2,1-6H3. The summed E-state index contributed by atoms with van der Waals surface area (Å²) < 4.78 is 0. The topological polar surface area (TPSA) is 46.3 Å². The second-order valence-electron chi connectivity index (χ2n) is 6.28. The molecular formula is C14H30N2OS. The Labute approximate surface area is 117 Å². The van der Waals surface area contributed by atoms with Crippen LogP contribution in [0, 0.1) is 11.3 Å². The molecule has 0 heterocycles. The van der Waals surface area contributed by atoms with Crippen LogP contribution in [-0.2, 0) is 4.79 Å². The maximum absolute atomic E-state index is 12.4. The van der Waals surface area contributed by atoms with E-state index < -0.39 is 0 Å². The molecule has 0 saturated heterocycles. The van der Waals surface area contributed by atoms with Crippen LogP contribution in [0.5, 0.6) is 0 Å². The molecule has 2 unspecified atom stereocenters. The predicted molar refractivity (Wildman–Crippen MR) is 81.8 cm³/mol.